The first-order valence-electron chi connectivity index (χ1n) is 4.91. The third kappa shape index (κ3) is 3.46. The minimum absolute atomic E-state index is 0.0170. The van der Waals surface area contributed by atoms with E-state index in [0.29, 0.717) is 13.0 Å². The van der Waals surface area contributed by atoms with E-state index in [-0.39, 0.29) is 30.2 Å². The largest absolute Gasteiger partial charge is 0.396 e. The number of aliphatic hydroxyl groups excluding tert-OH is 1. The molecule has 1 N–H and O–H groups in total. The Morgan fingerprint density at radius 2 is 2.20 bits per heavy atom. The third-order valence-electron chi connectivity index (χ3n) is 2.57. The topological polar surface area (TPSA) is 74.7 Å². The summed E-state index contributed by atoms with van der Waals surface area (Å²) in [5.74, 6) is -0.124. The Bertz CT molecular complexity index is 338. The van der Waals surface area contributed by atoms with Crippen LogP contribution in [0.15, 0.2) is 0 Å². The molecule has 1 fully saturated rings. The summed E-state index contributed by atoms with van der Waals surface area (Å²) in [4.78, 5) is 13.0. The number of hydrogen-bond acceptors (Lipinski definition) is 4. The van der Waals surface area contributed by atoms with Gasteiger partial charge in [0.05, 0.1) is 5.75 Å². The van der Waals surface area contributed by atoms with Crippen molar-refractivity contribution in [3.05, 3.63) is 0 Å². The lowest BCUT2D eigenvalue weighted by molar-refractivity contribution is -0.129. The van der Waals surface area contributed by atoms with Gasteiger partial charge in [-0.3, -0.25) is 4.79 Å². The van der Waals surface area contributed by atoms with Gasteiger partial charge in [-0.2, -0.15) is 0 Å². The van der Waals surface area contributed by atoms with Crippen LogP contribution < -0.4 is 0 Å². The highest BCUT2D eigenvalue weighted by Crippen LogP contribution is 2.20. The van der Waals surface area contributed by atoms with Gasteiger partial charge in [-0.05, 0) is 6.92 Å². The number of rotatable bonds is 4. The predicted octanol–water partition coefficient (Wildman–Crippen LogP) is -0.740. The number of hydrogen-bond donors (Lipinski definition) is 1. The fraction of sp³-hybridized carbons (Fsp3) is 0.889. The monoisotopic (exact) mass is 235 g/mol. The second-order valence-corrected chi connectivity index (χ2v) is 6.43. The summed E-state index contributed by atoms with van der Waals surface area (Å²) in [6.45, 7) is 2.17. The third-order valence-corrected chi connectivity index (χ3v) is 3.66. The van der Waals surface area contributed by atoms with Gasteiger partial charge in [-0.15, -0.1) is 0 Å². The molecule has 0 aromatic carbocycles. The van der Waals surface area contributed by atoms with Crippen LogP contribution in [0.25, 0.3) is 0 Å². The molecule has 2 atom stereocenters. The zero-order valence-corrected chi connectivity index (χ0v) is 9.83. The van der Waals surface area contributed by atoms with Gasteiger partial charge in [-0.1, -0.05) is 0 Å². The second kappa shape index (κ2) is 4.49. The van der Waals surface area contributed by atoms with Gasteiger partial charge in [0.2, 0.25) is 5.91 Å². The fourth-order valence-electron chi connectivity index (χ4n) is 1.88. The van der Waals surface area contributed by atoms with Gasteiger partial charge in [0.1, 0.15) is 9.84 Å². The first-order chi connectivity index (χ1) is 6.83. The quantitative estimate of drug-likeness (QED) is 0.696. The number of sulfone groups is 1. The molecule has 88 valence electrons. The van der Waals surface area contributed by atoms with Crippen LogP contribution in [0.1, 0.15) is 13.3 Å². The van der Waals surface area contributed by atoms with Crippen molar-refractivity contribution in [2.45, 2.75) is 19.4 Å². The molecule has 0 aromatic rings. The van der Waals surface area contributed by atoms with E-state index in [2.05, 4.69) is 0 Å². The molecule has 0 saturated carbocycles. The van der Waals surface area contributed by atoms with Crippen LogP contribution in [0.2, 0.25) is 0 Å². The number of likely N-dealkylation sites (tertiary alicyclic amines) is 1. The fourth-order valence-corrected chi connectivity index (χ4v) is 2.94. The van der Waals surface area contributed by atoms with Crippen LogP contribution in [0.4, 0.5) is 0 Å². The van der Waals surface area contributed by atoms with Crippen LogP contribution >= 0.6 is 0 Å². The molecule has 2 unspecified atom stereocenters. The lowest BCUT2D eigenvalue weighted by atomic mass is 10.1. The highest BCUT2D eigenvalue weighted by atomic mass is 32.2. The van der Waals surface area contributed by atoms with Crippen LogP contribution in [-0.2, 0) is 14.6 Å². The van der Waals surface area contributed by atoms with Gasteiger partial charge in [0.15, 0.2) is 0 Å². The molecule has 1 aliphatic heterocycles. The van der Waals surface area contributed by atoms with E-state index in [0.717, 1.165) is 6.26 Å². The summed E-state index contributed by atoms with van der Waals surface area (Å²) in [6, 6.07) is -0.302. The van der Waals surface area contributed by atoms with Crippen LogP contribution in [0.5, 0.6) is 0 Å². The van der Waals surface area contributed by atoms with Crippen molar-refractivity contribution in [2.24, 2.45) is 5.92 Å². The SMILES string of the molecule is CC(CS(C)(=O)=O)N1CC(CO)CC1=O. The normalized spacial score (nSPS) is 24.6. The lowest BCUT2D eigenvalue weighted by Crippen LogP contribution is -2.39. The molecular weight excluding hydrogens is 218 g/mol. The van der Waals surface area contributed by atoms with E-state index in [9.17, 15) is 13.2 Å². The molecule has 0 aromatic heterocycles. The maximum Gasteiger partial charge on any atom is 0.223 e. The Morgan fingerprint density at radius 1 is 1.60 bits per heavy atom. The molecule has 1 amide bonds. The Balaban J connectivity index is 2.61. The van der Waals surface area contributed by atoms with Crippen molar-refractivity contribution < 1.29 is 18.3 Å². The van der Waals surface area contributed by atoms with E-state index in [1.165, 1.54) is 0 Å². The molecule has 1 aliphatic rings. The smallest absolute Gasteiger partial charge is 0.223 e. The number of carbonyl (C=O) groups is 1. The average Bonchev–Trinajstić information content (AvgIpc) is 2.43. The number of carbonyl (C=O) groups excluding carboxylic acids is 1. The molecule has 0 spiro atoms. The standard InChI is InChI=1S/C9H17NO4S/c1-7(6-15(2,13)14)10-4-8(5-11)3-9(10)12/h7-8,11H,3-6H2,1-2H3. The van der Waals surface area contributed by atoms with Gasteiger partial charge in [-0.25, -0.2) is 8.42 Å². The molecule has 15 heavy (non-hydrogen) atoms. The van der Waals surface area contributed by atoms with E-state index in [1.807, 2.05) is 0 Å². The Kier molecular flexibility index (Phi) is 3.72. The zero-order valence-electron chi connectivity index (χ0n) is 9.01. The van der Waals surface area contributed by atoms with Crippen molar-refractivity contribution in [3.63, 3.8) is 0 Å². The summed E-state index contributed by atoms with van der Waals surface area (Å²) >= 11 is 0. The first-order valence-corrected chi connectivity index (χ1v) is 6.97. The van der Waals surface area contributed by atoms with Gasteiger partial charge in [0, 0.05) is 37.8 Å². The van der Waals surface area contributed by atoms with Crippen molar-refractivity contribution in [3.8, 4) is 0 Å². The number of amides is 1. The molecule has 0 radical (unpaired) electrons. The number of nitrogens with zero attached hydrogens (tertiary/aromatic N) is 1. The Hall–Kier alpha value is -0.620. The van der Waals surface area contributed by atoms with Crippen LogP contribution in [0.3, 0.4) is 0 Å². The van der Waals surface area contributed by atoms with E-state index in [1.54, 1.807) is 11.8 Å². The van der Waals surface area contributed by atoms with Crippen molar-refractivity contribution in [1.29, 1.82) is 0 Å². The van der Waals surface area contributed by atoms with Crippen LogP contribution in [0, 0.1) is 5.92 Å². The Morgan fingerprint density at radius 3 is 2.60 bits per heavy atom. The van der Waals surface area contributed by atoms with Gasteiger partial charge in [0.25, 0.3) is 0 Å². The molecule has 5 nitrogen and oxygen atoms in total. The summed E-state index contributed by atoms with van der Waals surface area (Å²) in [5.41, 5.74) is 0. The van der Waals surface area contributed by atoms with E-state index in [4.69, 9.17) is 5.11 Å². The molecular formula is C9H17NO4S. The van der Waals surface area contributed by atoms with E-state index >= 15 is 0 Å². The average molecular weight is 235 g/mol. The molecule has 0 bridgehead atoms. The maximum atomic E-state index is 11.5. The first kappa shape index (κ1) is 12.4. The van der Waals surface area contributed by atoms with Crippen molar-refractivity contribution >= 4 is 15.7 Å². The van der Waals surface area contributed by atoms with Crippen molar-refractivity contribution in [2.75, 3.05) is 25.2 Å². The van der Waals surface area contributed by atoms with Crippen molar-refractivity contribution in [1.82, 2.24) is 4.90 Å². The summed E-state index contributed by atoms with van der Waals surface area (Å²) in [7, 11) is -3.06. The van der Waals surface area contributed by atoms with Gasteiger partial charge >= 0.3 is 0 Å². The summed E-state index contributed by atoms with van der Waals surface area (Å²) in [6.07, 6.45) is 1.48. The summed E-state index contributed by atoms with van der Waals surface area (Å²) < 4.78 is 22.1. The predicted molar refractivity (Wildman–Crippen MR) is 56.1 cm³/mol. The molecule has 1 saturated heterocycles. The van der Waals surface area contributed by atoms with Gasteiger partial charge < -0.3 is 10.0 Å². The molecule has 6 heteroatoms. The summed E-state index contributed by atoms with van der Waals surface area (Å²) in [5, 5.41) is 8.92. The Labute approximate surface area is 90.0 Å². The van der Waals surface area contributed by atoms with Crippen LogP contribution in [-0.4, -0.2) is 55.5 Å². The molecule has 0 aliphatic carbocycles. The zero-order chi connectivity index (χ0) is 11.6. The second-order valence-electron chi connectivity index (χ2n) is 4.24. The van der Waals surface area contributed by atoms with E-state index < -0.39 is 9.84 Å². The minimum atomic E-state index is -3.06. The molecule has 1 rings (SSSR count). The highest BCUT2D eigenvalue weighted by Gasteiger charge is 2.33. The maximum absolute atomic E-state index is 11.5. The lowest BCUT2D eigenvalue weighted by Gasteiger charge is -2.23. The molecule has 1 heterocycles. The minimum Gasteiger partial charge on any atom is -0.396 e. The number of aliphatic hydroxyl groups is 1. The highest BCUT2D eigenvalue weighted by molar-refractivity contribution is 7.90.